The van der Waals surface area contributed by atoms with Crippen molar-refractivity contribution in [2.24, 2.45) is 5.41 Å². The van der Waals surface area contributed by atoms with Gasteiger partial charge < -0.3 is 5.11 Å². The minimum atomic E-state index is -1.22. The minimum absolute atomic E-state index is 0.285. The molecule has 0 aliphatic rings. The van der Waals surface area contributed by atoms with Gasteiger partial charge in [-0.3, -0.25) is 20.2 Å². The summed E-state index contributed by atoms with van der Waals surface area (Å²) in [5.74, 6) is -1.75. The molecule has 0 aliphatic heterocycles. The van der Waals surface area contributed by atoms with Gasteiger partial charge >= 0.3 is 12.0 Å². The number of carboxylic acids is 1. The lowest BCUT2D eigenvalue weighted by Crippen LogP contribution is -2.38. The first-order valence-electron chi connectivity index (χ1n) is 5.47. The molecule has 0 bridgehead atoms. The number of aromatic nitrogens is 1. The second-order valence-corrected chi connectivity index (χ2v) is 5.52. The standard InChI is InChI=1S/C11H15N3O4S/c1-6-5-19-10(12-6)14-9(18)13-7(15)4-11(2,3)8(16)17/h5H,4H2,1-3H3,(H,16,17)(H2,12,13,14,15,18). The Morgan fingerprint density at radius 3 is 2.53 bits per heavy atom. The van der Waals surface area contributed by atoms with Crippen molar-refractivity contribution in [3.05, 3.63) is 11.1 Å². The highest BCUT2D eigenvalue weighted by Crippen LogP contribution is 2.20. The Morgan fingerprint density at radius 1 is 1.42 bits per heavy atom. The minimum Gasteiger partial charge on any atom is -0.481 e. The van der Waals surface area contributed by atoms with Crippen LogP contribution in [0.3, 0.4) is 0 Å². The summed E-state index contributed by atoms with van der Waals surface area (Å²) in [5.41, 5.74) is -0.457. The molecule has 0 radical (unpaired) electrons. The van der Waals surface area contributed by atoms with Crippen LogP contribution in [-0.2, 0) is 9.59 Å². The number of hydrogen-bond acceptors (Lipinski definition) is 5. The van der Waals surface area contributed by atoms with E-state index in [1.54, 1.807) is 12.3 Å². The molecule has 3 amide bonds. The summed E-state index contributed by atoms with van der Waals surface area (Å²) in [4.78, 5) is 37.8. The van der Waals surface area contributed by atoms with E-state index in [4.69, 9.17) is 5.11 Å². The predicted molar refractivity (Wildman–Crippen MR) is 70.0 cm³/mol. The van der Waals surface area contributed by atoms with Crippen molar-refractivity contribution in [3.8, 4) is 0 Å². The summed E-state index contributed by atoms with van der Waals surface area (Å²) in [6.07, 6.45) is -0.285. The quantitative estimate of drug-likeness (QED) is 0.778. The van der Waals surface area contributed by atoms with Gasteiger partial charge in [0.15, 0.2) is 5.13 Å². The lowest BCUT2D eigenvalue weighted by molar-refractivity contribution is -0.149. The van der Waals surface area contributed by atoms with Gasteiger partial charge in [0.2, 0.25) is 5.91 Å². The third-order valence-electron chi connectivity index (χ3n) is 2.27. The van der Waals surface area contributed by atoms with E-state index in [9.17, 15) is 14.4 Å². The van der Waals surface area contributed by atoms with E-state index in [1.807, 2.05) is 0 Å². The molecule has 0 unspecified atom stereocenters. The zero-order valence-electron chi connectivity index (χ0n) is 10.8. The van der Waals surface area contributed by atoms with E-state index in [2.05, 4.69) is 15.6 Å². The highest BCUT2D eigenvalue weighted by Gasteiger charge is 2.30. The fourth-order valence-electron chi connectivity index (χ4n) is 1.19. The number of carbonyl (C=O) groups excluding carboxylic acids is 2. The summed E-state index contributed by atoms with van der Waals surface area (Å²) >= 11 is 1.23. The van der Waals surface area contributed by atoms with Gasteiger partial charge in [0, 0.05) is 11.8 Å². The summed E-state index contributed by atoms with van der Waals surface area (Å²) in [5, 5.41) is 15.5. The molecule has 0 saturated carbocycles. The Labute approximate surface area is 114 Å². The molecule has 3 N–H and O–H groups in total. The summed E-state index contributed by atoms with van der Waals surface area (Å²) in [6.45, 7) is 4.61. The first-order valence-corrected chi connectivity index (χ1v) is 6.35. The Morgan fingerprint density at radius 2 is 2.05 bits per heavy atom. The number of nitrogens with one attached hydrogen (secondary N) is 2. The first-order chi connectivity index (χ1) is 8.70. The van der Waals surface area contributed by atoms with Crippen LogP contribution in [0.4, 0.5) is 9.93 Å². The van der Waals surface area contributed by atoms with Crippen molar-refractivity contribution >= 4 is 34.4 Å². The Balaban J connectivity index is 2.49. The van der Waals surface area contributed by atoms with Crippen LogP contribution in [0.25, 0.3) is 0 Å². The van der Waals surface area contributed by atoms with Crippen LogP contribution in [0.2, 0.25) is 0 Å². The predicted octanol–water partition coefficient (Wildman–Crippen LogP) is 1.60. The van der Waals surface area contributed by atoms with Gasteiger partial charge in [-0.15, -0.1) is 11.3 Å². The number of aliphatic carboxylic acids is 1. The zero-order chi connectivity index (χ0) is 14.6. The Kier molecular flexibility index (Phi) is 4.60. The number of urea groups is 1. The van der Waals surface area contributed by atoms with E-state index in [0.29, 0.717) is 5.13 Å². The monoisotopic (exact) mass is 285 g/mol. The molecule has 104 valence electrons. The van der Waals surface area contributed by atoms with Gasteiger partial charge in [0.05, 0.1) is 11.1 Å². The number of imide groups is 1. The van der Waals surface area contributed by atoms with Crippen molar-refractivity contribution in [3.63, 3.8) is 0 Å². The van der Waals surface area contributed by atoms with Crippen molar-refractivity contribution in [2.75, 3.05) is 5.32 Å². The fraction of sp³-hybridized carbons (Fsp3) is 0.455. The van der Waals surface area contributed by atoms with Crippen LogP contribution in [0, 0.1) is 12.3 Å². The van der Waals surface area contributed by atoms with Crippen molar-refractivity contribution in [2.45, 2.75) is 27.2 Å². The van der Waals surface area contributed by atoms with Gasteiger partial charge in [-0.1, -0.05) is 0 Å². The smallest absolute Gasteiger partial charge is 0.327 e. The molecule has 8 heteroatoms. The lowest BCUT2D eigenvalue weighted by Gasteiger charge is -2.17. The van der Waals surface area contributed by atoms with Crippen LogP contribution in [-0.4, -0.2) is 28.0 Å². The van der Waals surface area contributed by atoms with Gasteiger partial charge in [-0.2, -0.15) is 0 Å². The zero-order valence-corrected chi connectivity index (χ0v) is 11.6. The average molecular weight is 285 g/mol. The summed E-state index contributed by atoms with van der Waals surface area (Å²) < 4.78 is 0. The van der Waals surface area contributed by atoms with Crippen LogP contribution >= 0.6 is 11.3 Å². The van der Waals surface area contributed by atoms with Crippen LogP contribution in [0.15, 0.2) is 5.38 Å². The molecule has 0 aromatic carbocycles. The maximum absolute atomic E-state index is 11.5. The molecule has 1 aromatic heterocycles. The van der Waals surface area contributed by atoms with Gasteiger partial charge in [-0.05, 0) is 20.8 Å². The van der Waals surface area contributed by atoms with Crippen molar-refractivity contribution in [1.82, 2.24) is 10.3 Å². The number of carboxylic acid groups (broad SMARTS) is 1. The van der Waals surface area contributed by atoms with E-state index < -0.39 is 23.3 Å². The number of anilines is 1. The molecule has 0 spiro atoms. The van der Waals surface area contributed by atoms with Crippen molar-refractivity contribution in [1.29, 1.82) is 0 Å². The number of amides is 3. The van der Waals surface area contributed by atoms with Crippen LogP contribution in [0.5, 0.6) is 0 Å². The first kappa shape index (κ1) is 15.1. The molecule has 1 rings (SSSR count). The molecule has 7 nitrogen and oxygen atoms in total. The second-order valence-electron chi connectivity index (χ2n) is 4.66. The number of thiazole rings is 1. The lowest BCUT2D eigenvalue weighted by atomic mass is 9.89. The molecule has 19 heavy (non-hydrogen) atoms. The largest absolute Gasteiger partial charge is 0.481 e. The third kappa shape index (κ3) is 4.66. The maximum atomic E-state index is 11.5. The van der Waals surface area contributed by atoms with Crippen molar-refractivity contribution < 1.29 is 19.5 Å². The number of aryl methyl sites for hydroxylation is 1. The SMILES string of the molecule is Cc1csc(NC(=O)NC(=O)CC(C)(C)C(=O)O)n1. The highest BCUT2D eigenvalue weighted by atomic mass is 32.1. The molecule has 1 heterocycles. The van der Waals surface area contributed by atoms with Gasteiger partial charge in [0.1, 0.15) is 0 Å². The Hall–Kier alpha value is -1.96. The van der Waals surface area contributed by atoms with E-state index in [0.717, 1.165) is 5.69 Å². The third-order valence-corrected chi connectivity index (χ3v) is 3.15. The number of rotatable bonds is 4. The topological polar surface area (TPSA) is 108 Å². The number of carbonyl (C=O) groups is 3. The molecule has 0 fully saturated rings. The molecular weight excluding hydrogens is 270 g/mol. The number of nitrogens with zero attached hydrogens (tertiary/aromatic N) is 1. The molecular formula is C11H15N3O4S. The van der Waals surface area contributed by atoms with Gasteiger partial charge in [0.25, 0.3) is 0 Å². The average Bonchev–Trinajstić information content (AvgIpc) is 2.61. The second kappa shape index (κ2) is 5.79. The molecule has 0 saturated heterocycles. The molecule has 0 aliphatic carbocycles. The summed E-state index contributed by atoms with van der Waals surface area (Å²) in [6, 6.07) is -0.722. The number of hydrogen-bond donors (Lipinski definition) is 3. The Bertz CT molecular complexity index is 510. The summed E-state index contributed by atoms with van der Waals surface area (Å²) in [7, 11) is 0. The van der Waals surface area contributed by atoms with Gasteiger partial charge in [-0.25, -0.2) is 9.78 Å². The van der Waals surface area contributed by atoms with E-state index in [1.165, 1.54) is 25.2 Å². The normalized spacial score (nSPS) is 10.9. The molecule has 0 atom stereocenters. The highest BCUT2D eigenvalue weighted by molar-refractivity contribution is 7.13. The van der Waals surface area contributed by atoms with Crippen LogP contribution < -0.4 is 10.6 Å². The fourth-order valence-corrected chi connectivity index (χ4v) is 1.87. The van der Waals surface area contributed by atoms with E-state index >= 15 is 0 Å². The van der Waals surface area contributed by atoms with E-state index in [-0.39, 0.29) is 6.42 Å². The van der Waals surface area contributed by atoms with Crippen LogP contribution in [0.1, 0.15) is 26.0 Å². The maximum Gasteiger partial charge on any atom is 0.327 e. The molecule has 1 aromatic rings.